The molecule has 0 radical (unpaired) electrons. The minimum atomic E-state index is -1.42. The second-order valence-corrected chi connectivity index (χ2v) is 34.8. The number of rotatable bonds is 3. The Morgan fingerprint density at radius 1 is 0.580 bits per heavy atom. The van der Waals surface area contributed by atoms with E-state index >= 15 is 0 Å². The van der Waals surface area contributed by atoms with Crippen LogP contribution in [-0.4, -0.2) is 114 Å². The molecule has 6 fully saturated rings. The molecule has 0 unspecified atom stereocenters. The van der Waals surface area contributed by atoms with Crippen LogP contribution in [-0.2, 0) is 14.2 Å². The number of amides is 3. The molecule has 3 saturated carbocycles. The molecule has 3 aromatic rings. The molecule has 3 N–H and O–H groups in total. The third kappa shape index (κ3) is 14.9. The summed E-state index contributed by atoms with van der Waals surface area (Å²) < 4.78 is 17.6. The molecule has 0 spiro atoms. The molecular weight excluding hydrogens is 1020 g/mol. The maximum absolute atomic E-state index is 12.6. The number of carbonyl (C=O) groups excluding carboxylic acids is 3. The summed E-state index contributed by atoms with van der Waals surface area (Å²) in [4.78, 5) is 65.7. The SMILES string of the molecule is C#C[Si](C)(C)C.C#Cc1cnc([C@@H]2C[C@H]3C[C@H]3N2C(=O)OC(C)(C)C)[nH]1.CC(C)(C)OC(=O)N1[C@@H]2C[C@@H]2C[C@H]1c1ncc(C#C[Si](C)(C)C)[nH]1.CC(C)(C)OC(=O)N1[C@@H]2C[C@@H]2C[C@H]1c1ncc(I)[nH]1. The number of terminal acetylenes is 2. The number of nitrogens with zero attached hydrogens (tertiary/aromatic N) is 6. The Morgan fingerprint density at radius 3 is 1.20 bits per heavy atom. The van der Waals surface area contributed by atoms with E-state index in [4.69, 9.17) is 27.1 Å². The number of H-pyrrole nitrogens is 3. The molecule has 6 aliphatic rings. The molecular formula is C51H74IN9O6Si2. The van der Waals surface area contributed by atoms with E-state index in [1.54, 1.807) is 18.6 Å². The quantitative estimate of drug-likeness (QED) is 0.0998. The monoisotopic (exact) mass is 1090 g/mol. The molecule has 3 aromatic heterocycles. The van der Waals surface area contributed by atoms with Gasteiger partial charge in [-0.3, -0.25) is 14.7 Å². The molecule has 9 atom stereocenters. The highest BCUT2D eigenvalue weighted by Gasteiger charge is 2.58. The molecule has 9 rings (SSSR count). The minimum Gasteiger partial charge on any atom is -0.444 e. The van der Waals surface area contributed by atoms with Gasteiger partial charge >= 0.3 is 18.3 Å². The lowest BCUT2D eigenvalue weighted by atomic mass is 10.1. The smallest absolute Gasteiger partial charge is 0.411 e. The molecule has 3 amide bonds. The normalized spacial score (nSPS) is 26.0. The molecule has 18 heteroatoms. The van der Waals surface area contributed by atoms with Crippen LogP contribution < -0.4 is 0 Å². The maximum Gasteiger partial charge on any atom is 0.411 e. The van der Waals surface area contributed by atoms with Crippen molar-refractivity contribution in [2.75, 3.05) is 0 Å². The standard InChI is InChI=1S/C18H27N3O2Si.C15H19N3O2.C13H18IN3O2.C5H10Si/c1-18(2,3)23-17(22)21-14-9-12(14)10-15(21)16-19-11-13(20-16)7-8-24(4,5)6;1-5-10-8-16-13(17-10)12-7-9-6-11(9)18(12)14(19)20-15(2,3)4;1-13(2,3)19-12(18)17-8-4-7(8)5-9(17)11-15-6-10(14)16-11;1-5-6(2,3)4/h11-12,14-15H,9-10H2,1-6H3,(H,19,20);1,8-9,11-12H,6-7H2,2-4H3,(H,16,17);6-9H,4-5H2,1-3H3,(H,15,16);1H,2-4H3/t12-,14-,15+;9-,11-,12+;7-,8-,9+;/m111./s1. The van der Waals surface area contributed by atoms with E-state index in [1.807, 2.05) is 77.0 Å². The predicted molar refractivity (Wildman–Crippen MR) is 281 cm³/mol. The van der Waals surface area contributed by atoms with Crippen molar-refractivity contribution in [3.8, 4) is 35.8 Å². The van der Waals surface area contributed by atoms with Gasteiger partial charge in [0.25, 0.3) is 0 Å². The topological polar surface area (TPSA) is 175 Å². The Labute approximate surface area is 425 Å². The summed E-state index contributed by atoms with van der Waals surface area (Å²) in [7, 11) is -2.52. The van der Waals surface area contributed by atoms with Crippen LogP contribution >= 0.6 is 22.6 Å². The third-order valence-corrected chi connectivity index (χ3v) is 14.3. The van der Waals surface area contributed by atoms with Gasteiger partial charge in [-0.15, -0.1) is 23.9 Å². The Balaban J connectivity index is 0.000000161. The zero-order chi connectivity index (χ0) is 51.2. The van der Waals surface area contributed by atoms with Gasteiger partial charge in [0.1, 0.15) is 61.8 Å². The fraction of sp³-hybridized carbons (Fsp3) is 0.647. The first-order valence-electron chi connectivity index (χ1n) is 24.1. The van der Waals surface area contributed by atoms with Crippen LogP contribution in [0.25, 0.3) is 0 Å². The molecule has 3 saturated heterocycles. The number of halogens is 1. The highest BCUT2D eigenvalue weighted by molar-refractivity contribution is 14.1. The first-order valence-corrected chi connectivity index (χ1v) is 32.2. The number of ether oxygens (including phenoxy) is 3. The van der Waals surface area contributed by atoms with Crippen molar-refractivity contribution in [3.05, 3.63) is 51.2 Å². The van der Waals surface area contributed by atoms with Crippen molar-refractivity contribution in [3.63, 3.8) is 0 Å². The van der Waals surface area contributed by atoms with Crippen LogP contribution in [0.2, 0.25) is 39.3 Å². The number of imidazole rings is 3. The molecule has 374 valence electrons. The minimum absolute atomic E-state index is 0.0222. The van der Waals surface area contributed by atoms with E-state index in [-0.39, 0.29) is 36.4 Å². The molecule has 3 aliphatic carbocycles. The maximum atomic E-state index is 12.6. The van der Waals surface area contributed by atoms with E-state index in [1.165, 1.54) is 0 Å². The lowest BCUT2D eigenvalue weighted by Crippen LogP contribution is -2.38. The molecule has 3 aliphatic heterocycles. The van der Waals surface area contributed by atoms with Crippen LogP contribution in [0.3, 0.4) is 0 Å². The number of fused-ring (bicyclic) bond motifs is 3. The van der Waals surface area contributed by atoms with E-state index in [0.29, 0.717) is 41.6 Å². The first-order chi connectivity index (χ1) is 31.8. The second-order valence-electron chi connectivity index (χ2n) is 24.1. The van der Waals surface area contributed by atoms with Crippen LogP contribution in [0.15, 0.2) is 18.6 Å². The number of piperidine rings is 3. The Hall–Kier alpha value is -4.72. The third-order valence-electron chi connectivity index (χ3n) is 12.0. The summed E-state index contributed by atoms with van der Waals surface area (Å²) in [5, 5.41) is 0. The van der Waals surface area contributed by atoms with Gasteiger partial charge in [0.05, 0.1) is 40.4 Å². The fourth-order valence-electron chi connectivity index (χ4n) is 8.72. The van der Waals surface area contributed by atoms with Crippen molar-refractivity contribution in [1.82, 2.24) is 44.6 Å². The van der Waals surface area contributed by atoms with Gasteiger partial charge in [0, 0.05) is 18.1 Å². The van der Waals surface area contributed by atoms with Crippen molar-refractivity contribution >= 4 is 57.0 Å². The van der Waals surface area contributed by atoms with Crippen molar-refractivity contribution < 1.29 is 28.6 Å². The average Bonchev–Trinajstić information content (AvgIpc) is 3.95. The summed E-state index contributed by atoms with van der Waals surface area (Å²) in [5.74, 6) is 9.97. The molecule has 69 heavy (non-hydrogen) atoms. The highest BCUT2D eigenvalue weighted by atomic mass is 127. The van der Waals surface area contributed by atoms with Gasteiger partial charge in [-0.25, -0.2) is 29.3 Å². The lowest BCUT2D eigenvalue weighted by molar-refractivity contribution is 0.0164. The highest BCUT2D eigenvalue weighted by Crippen LogP contribution is 2.55. The Kier molecular flexibility index (Phi) is 15.7. The average molecular weight is 1090 g/mol. The summed E-state index contributed by atoms with van der Waals surface area (Å²) in [6.07, 6.45) is 21.1. The van der Waals surface area contributed by atoms with Crippen molar-refractivity contribution in [1.29, 1.82) is 0 Å². The predicted octanol–water partition coefficient (Wildman–Crippen LogP) is 10.8. The summed E-state index contributed by atoms with van der Waals surface area (Å²) >= 11 is 2.20. The Morgan fingerprint density at radius 2 is 0.913 bits per heavy atom. The van der Waals surface area contributed by atoms with E-state index in [2.05, 4.69) is 115 Å². The van der Waals surface area contributed by atoms with Crippen LogP contribution in [0.4, 0.5) is 14.4 Å². The molecule has 0 bridgehead atoms. The van der Waals surface area contributed by atoms with Crippen molar-refractivity contribution in [2.45, 2.75) is 193 Å². The van der Waals surface area contributed by atoms with Gasteiger partial charge in [-0.05, 0) is 141 Å². The van der Waals surface area contributed by atoms with Gasteiger partial charge in [-0.2, -0.15) is 0 Å². The van der Waals surface area contributed by atoms with Crippen LogP contribution in [0.1, 0.15) is 148 Å². The number of hydrogen-bond acceptors (Lipinski definition) is 9. The zero-order valence-electron chi connectivity index (χ0n) is 43.3. The summed E-state index contributed by atoms with van der Waals surface area (Å²) in [6, 6.07) is 0.937. The van der Waals surface area contributed by atoms with Crippen molar-refractivity contribution in [2.24, 2.45) is 17.8 Å². The van der Waals surface area contributed by atoms with Gasteiger partial charge < -0.3 is 29.2 Å². The Bertz CT molecular complexity index is 2490. The molecule has 0 aromatic carbocycles. The lowest BCUT2D eigenvalue weighted by Gasteiger charge is -2.29. The zero-order valence-corrected chi connectivity index (χ0v) is 47.5. The van der Waals surface area contributed by atoms with Gasteiger partial charge in [-0.1, -0.05) is 51.1 Å². The van der Waals surface area contributed by atoms with E-state index in [0.717, 1.165) is 65.4 Å². The number of likely N-dealkylation sites (tertiary alicyclic amines) is 3. The molecule has 15 nitrogen and oxygen atoms in total. The number of aromatic amines is 3. The number of carbonyl (C=O) groups is 3. The number of nitrogens with one attached hydrogen (secondary N) is 3. The number of hydrogen-bond donors (Lipinski definition) is 3. The first kappa shape index (κ1) is 53.6. The van der Waals surface area contributed by atoms with Gasteiger partial charge in [0.15, 0.2) is 0 Å². The summed E-state index contributed by atoms with van der Waals surface area (Å²) in [6.45, 7) is 30.1. The van der Waals surface area contributed by atoms with E-state index < -0.39 is 33.0 Å². The molecule has 6 heterocycles. The number of aromatic nitrogens is 6. The largest absolute Gasteiger partial charge is 0.444 e. The van der Waals surface area contributed by atoms with Crippen LogP contribution in [0, 0.1) is 57.2 Å². The summed E-state index contributed by atoms with van der Waals surface area (Å²) in [5.41, 5.74) is 6.14. The van der Waals surface area contributed by atoms with E-state index in [9.17, 15) is 14.4 Å². The fourth-order valence-corrected chi connectivity index (χ4v) is 9.64. The van der Waals surface area contributed by atoms with Gasteiger partial charge in [0.2, 0.25) is 0 Å². The second kappa shape index (κ2) is 20.2. The van der Waals surface area contributed by atoms with Crippen LogP contribution in [0.5, 0.6) is 0 Å².